The first-order valence-corrected chi connectivity index (χ1v) is 8.07. The lowest BCUT2D eigenvalue weighted by Crippen LogP contribution is -2.46. The summed E-state index contributed by atoms with van der Waals surface area (Å²) in [7, 11) is 0. The number of benzene rings is 2. The summed E-state index contributed by atoms with van der Waals surface area (Å²) in [6, 6.07) is 16.2. The smallest absolute Gasteiger partial charge is 0.241 e. The minimum atomic E-state index is -0.397. The summed E-state index contributed by atoms with van der Waals surface area (Å²) in [4.78, 5) is 14.8. The number of hydrogen-bond donors (Lipinski definition) is 1. The van der Waals surface area contributed by atoms with Gasteiger partial charge in [0.25, 0.3) is 0 Å². The van der Waals surface area contributed by atoms with Crippen LogP contribution in [0.4, 0.5) is 10.1 Å². The van der Waals surface area contributed by atoms with Crippen LogP contribution in [0.1, 0.15) is 24.8 Å². The normalized spacial score (nSPS) is 18.6. The molecule has 0 aromatic heterocycles. The molecule has 1 atom stereocenters. The van der Waals surface area contributed by atoms with E-state index >= 15 is 0 Å². The molecule has 3 nitrogen and oxygen atoms in total. The van der Waals surface area contributed by atoms with Crippen molar-refractivity contribution in [3.8, 4) is 0 Å². The molecule has 1 heterocycles. The molecule has 0 aliphatic carbocycles. The van der Waals surface area contributed by atoms with Gasteiger partial charge in [-0.25, -0.2) is 4.39 Å². The standard InChI is InChI=1S/C19H21FN2O/c20-16-10-4-5-11-17(16)21-19(23)18-12-6-7-13-22(18)14-15-8-2-1-3-9-15/h1-5,8-11,18H,6-7,12-14H2,(H,21,23). The highest BCUT2D eigenvalue weighted by Gasteiger charge is 2.29. The van der Waals surface area contributed by atoms with Gasteiger partial charge in [0, 0.05) is 6.54 Å². The molecule has 1 N–H and O–H groups in total. The first-order chi connectivity index (χ1) is 11.2. The van der Waals surface area contributed by atoms with Crippen LogP contribution in [0.3, 0.4) is 0 Å². The molecule has 3 rings (SSSR count). The van der Waals surface area contributed by atoms with Gasteiger partial charge in [-0.1, -0.05) is 48.9 Å². The fourth-order valence-corrected chi connectivity index (χ4v) is 3.07. The first kappa shape index (κ1) is 15.7. The minimum Gasteiger partial charge on any atom is -0.322 e. The SMILES string of the molecule is O=C(Nc1ccccc1F)C1CCCCN1Cc1ccccc1. The van der Waals surface area contributed by atoms with Crippen LogP contribution >= 0.6 is 0 Å². The zero-order chi connectivity index (χ0) is 16.1. The van der Waals surface area contributed by atoms with E-state index in [-0.39, 0.29) is 17.6 Å². The molecule has 120 valence electrons. The van der Waals surface area contributed by atoms with Crippen LogP contribution in [0.15, 0.2) is 54.6 Å². The van der Waals surface area contributed by atoms with Gasteiger partial charge in [-0.2, -0.15) is 0 Å². The number of carbonyl (C=O) groups is 1. The summed E-state index contributed by atoms with van der Waals surface area (Å²) < 4.78 is 13.7. The van der Waals surface area contributed by atoms with E-state index in [1.807, 2.05) is 18.2 Å². The van der Waals surface area contributed by atoms with Crippen molar-refractivity contribution in [2.24, 2.45) is 0 Å². The van der Waals surface area contributed by atoms with Crippen LogP contribution in [0.25, 0.3) is 0 Å². The number of para-hydroxylation sites is 1. The monoisotopic (exact) mass is 312 g/mol. The molecule has 4 heteroatoms. The molecule has 0 radical (unpaired) electrons. The Morgan fingerprint density at radius 2 is 1.83 bits per heavy atom. The number of rotatable bonds is 4. The molecule has 1 unspecified atom stereocenters. The van der Waals surface area contributed by atoms with E-state index in [0.29, 0.717) is 0 Å². The Morgan fingerprint density at radius 3 is 2.61 bits per heavy atom. The molecule has 0 bridgehead atoms. The van der Waals surface area contributed by atoms with E-state index in [1.54, 1.807) is 18.2 Å². The summed E-state index contributed by atoms with van der Waals surface area (Å²) in [5, 5.41) is 2.74. The van der Waals surface area contributed by atoms with Crippen molar-refractivity contribution in [3.63, 3.8) is 0 Å². The first-order valence-electron chi connectivity index (χ1n) is 8.07. The highest BCUT2D eigenvalue weighted by molar-refractivity contribution is 5.95. The van der Waals surface area contributed by atoms with Crippen molar-refractivity contribution in [2.45, 2.75) is 31.8 Å². The lowest BCUT2D eigenvalue weighted by molar-refractivity contribution is -0.122. The van der Waals surface area contributed by atoms with E-state index in [4.69, 9.17) is 0 Å². The third-order valence-corrected chi connectivity index (χ3v) is 4.28. The average Bonchev–Trinajstić information content (AvgIpc) is 2.58. The van der Waals surface area contributed by atoms with Gasteiger partial charge in [0.15, 0.2) is 0 Å². The van der Waals surface area contributed by atoms with Gasteiger partial charge in [-0.15, -0.1) is 0 Å². The quantitative estimate of drug-likeness (QED) is 0.931. The van der Waals surface area contributed by atoms with Crippen molar-refractivity contribution < 1.29 is 9.18 Å². The second kappa shape index (κ2) is 7.38. The zero-order valence-electron chi connectivity index (χ0n) is 13.0. The summed E-state index contributed by atoms with van der Waals surface area (Å²) in [6.07, 6.45) is 2.93. The third kappa shape index (κ3) is 3.96. The van der Waals surface area contributed by atoms with Crippen LogP contribution in [-0.4, -0.2) is 23.4 Å². The van der Waals surface area contributed by atoms with Crippen molar-refractivity contribution in [1.82, 2.24) is 4.90 Å². The maximum Gasteiger partial charge on any atom is 0.241 e. The van der Waals surface area contributed by atoms with Crippen molar-refractivity contribution in [2.75, 3.05) is 11.9 Å². The van der Waals surface area contributed by atoms with Gasteiger partial charge in [0.1, 0.15) is 5.82 Å². The summed E-state index contributed by atoms with van der Waals surface area (Å²) in [6.45, 7) is 1.64. The Balaban J connectivity index is 1.70. The molecule has 1 saturated heterocycles. The molecule has 1 aliphatic rings. The molecule has 2 aromatic carbocycles. The Kier molecular flexibility index (Phi) is 5.03. The van der Waals surface area contributed by atoms with E-state index < -0.39 is 5.82 Å². The van der Waals surface area contributed by atoms with Crippen molar-refractivity contribution in [1.29, 1.82) is 0 Å². The highest BCUT2D eigenvalue weighted by Crippen LogP contribution is 2.22. The number of hydrogen-bond acceptors (Lipinski definition) is 2. The maximum atomic E-state index is 13.7. The second-order valence-electron chi connectivity index (χ2n) is 5.94. The predicted octanol–water partition coefficient (Wildman–Crippen LogP) is 3.82. The number of amides is 1. The summed E-state index contributed by atoms with van der Waals surface area (Å²) in [5.74, 6) is -0.517. The van der Waals surface area contributed by atoms with Crippen LogP contribution in [0, 0.1) is 5.82 Å². The number of anilines is 1. The number of likely N-dealkylation sites (tertiary alicyclic amines) is 1. The van der Waals surface area contributed by atoms with Gasteiger partial charge in [0.05, 0.1) is 11.7 Å². The predicted molar refractivity (Wildman–Crippen MR) is 89.5 cm³/mol. The van der Waals surface area contributed by atoms with Crippen LogP contribution in [0.2, 0.25) is 0 Å². The summed E-state index contributed by atoms with van der Waals surface area (Å²) >= 11 is 0. The summed E-state index contributed by atoms with van der Waals surface area (Å²) in [5.41, 5.74) is 1.45. The van der Waals surface area contributed by atoms with Gasteiger partial charge < -0.3 is 5.32 Å². The molecule has 23 heavy (non-hydrogen) atoms. The molecule has 1 amide bonds. The van der Waals surface area contributed by atoms with Gasteiger partial charge in [0.2, 0.25) is 5.91 Å². The molecular formula is C19H21FN2O. The highest BCUT2D eigenvalue weighted by atomic mass is 19.1. The van der Waals surface area contributed by atoms with E-state index in [2.05, 4.69) is 22.3 Å². The number of nitrogens with zero attached hydrogens (tertiary/aromatic N) is 1. The Bertz CT molecular complexity index is 659. The maximum absolute atomic E-state index is 13.7. The van der Waals surface area contributed by atoms with Crippen LogP contribution in [-0.2, 0) is 11.3 Å². The number of halogens is 1. The molecular weight excluding hydrogens is 291 g/mol. The second-order valence-corrected chi connectivity index (χ2v) is 5.94. The third-order valence-electron chi connectivity index (χ3n) is 4.28. The topological polar surface area (TPSA) is 32.3 Å². The molecule has 2 aromatic rings. The fraction of sp³-hybridized carbons (Fsp3) is 0.316. The Morgan fingerprint density at radius 1 is 1.09 bits per heavy atom. The number of piperidine rings is 1. The Labute approximate surface area is 136 Å². The van der Waals surface area contributed by atoms with Crippen molar-refractivity contribution >= 4 is 11.6 Å². The number of nitrogens with one attached hydrogen (secondary N) is 1. The lowest BCUT2D eigenvalue weighted by Gasteiger charge is -2.34. The number of carbonyl (C=O) groups excluding carboxylic acids is 1. The minimum absolute atomic E-state index is 0.120. The molecule has 0 saturated carbocycles. The lowest BCUT2D eigenvalue weighted by atomic mass is 10.00. The van der Waals surface area contributed by atoms with E-state index in [9.17, 15) is 9.18 Å². The van der Waals surface area contributed by atoms with Gasteiger partial charge >= 0.3 is 0 Å². The van der Waals surface area contributed by atoms with Crippen LogP contribution < -0.4 is 5.32 Å². The average molecular weight is 312 g/mol. The molecule has 0 spiro atoms. The van der Waals surface area contributed by atoms with Gasteiger partial charge in [-0.05, 0) is 37.1 Å². The van der Waals surface area contributed by atoms with E-state index in [0.717, 1.165) is 32.4 Å². The molecule has 1 aliphatic heterocycles. The largest absolute Gasteiger partial charge is 0.322 e. The van der Waals surface area contributed by atoms with E-state index in [1.165, 1.54) is 11.6 Å². The Hall–Kier alpha value is -2.20. The molecule has 1 fully saturated rings. The van der Waals surface area contributed by atoms with Gasteiger partial charge in [-0.3, -0.25) is 9.69 Å². The zero-order valence-corrected chi connectivity index (χ0v) is 13.0. The van der Waals surface area contributed by atoms with Crippen molar-refractivity contribution in [3.05, 3.63) is 66.0 Å². The fourth-order valence-electron chi connectivity index (χ4n) is 3.07. The van der Waals surface area contributed by atoms with Crippen LogP contribution in [0.5, 0.6) is 0 Å².